The number of furan rings is 1. The first-order valence-corrected chi connectivity index (χ1v) is 10.6. The minimum atomic E-state index is 0.630. The zero-order valence-corrected chi connectivity index (χ0v) is 17.3. The molecule has 0 saturated carbocycles. The predicted molar refractivity (Wildman–Crippen MR) is 113 cm³/mol. The van der Waals surface area contributed by atoms with Crippen molar-refractivity contribution in [1.82, 2.24) is 4.90 Å². The van der Waals surface area contributed by atoms with Crippen LogP contribution in [0.3, 0.4) is 0 Å². The third kappa shape index (κ3) is 4.05. The fourth-order valence-corrected chi connectivity index (χ4v) is 3.97. The molecule has 146 valence electrons. The number of rotatable bonds is 5. The number of hydrogen-bond acceptors (Lipinski definition) is 5. The molecule has 0 amide bonds. The van der Waals surface area contributed by atoms with Crippen molar-refractivity contribution in [3.8, 4) is 22.6 Å². The van der Waals surface area contributed by atoms with Crippen LogP contribution in [0.2, 0.25) is 0 Å². The molecule has 4 rings (SSSR count). The highest BCUT2D eigenvalue weighted by atomic mass is 32.2. The molecule has 0 atom stereocenters. The third-order valence-electron chi connectivity index (χ3n) is 5.00. The van der Waals surface area contributed by atoms with E-state index in [1.807, 2.05) is 19.1 Å². The minimum Gasteiger partial charge on any atom is -0.493 e. The summed E-state index contributed by atoms with van der Waals surface area (Å²) in [6.45, 7) is 5.01. The molecule has 0 bridgehead atoms. The van der Waals surface area contributed by atoms with Crippen LogP contribution in [-0.2, 0) is 13.1 Å². The molecule has 1 aliphatic heterocycles. The lowest BCUT2D eigenvalue weighted by molar-refractivity contribution is 0.204. The van der Waals surface area contributed by atoms with E-state index in [0.29, 0.717) is 6.61 Å². The second-order valence-electron chi connectivity index (χ2n) is 6.97. The summed E-state index contributed by atoms with van der Waals surface area (Å²) < 4.78 is 17.5. The predicted octanol–water partition coefficient (Wildman–Crippen LogP) is 5.38. The number of nitrogens with zero attached hydrogens (tertiary/aromatic N) is 1. The number of methoxy groups -OCH3 is 1. The van der Waals surface area contributed by atoms with E-state index in [-0.39, 0.29) is 0 Å². The van der Waals surface area contributed by atoms with Crippen molar-refractivity contribution in [2.24, 2.45) is 0 Å². The second kappa shape index (κ2) is 8.33. The molecule has 0 unspecified atom stereocenters. The van der Waals surface area contributed by atoms with Crippen LogP contribution in [0.4, 0.5) is 0 Å². The topological polar surface area (TPSA) is 34.8 Å². The van der Waals surface area contributed by atoms with Crippen molar-refractivity contribution < 1.29 is 13.9 Å². The summed E-state index contributed by atoms with van der Waals surface area (Å²) in [5.41, 5.74) is 3.46. The smallest absolute Gasteiger partial charge is 0.165 e. The van der Waals surface area contributed by atoms with Crippen LogP contribution in [0.25, 0.3) is 11.1 Å². The van der Waals surface area contributed by atoms with Crippen LogP contribution < -0.4 is 9.47 Å². The molecule has 2 aromatic carbocycles. The average molecular weight is 396 g/mol. The summed E-state index contributed by atoms with van der Waals surface area (Å²) >= 11 is 1.75. The number of ether oxygens (including phenoxy) is 2. The molecule has 1 aromatic heterocycles. The Morgan fingerprint density at radius 1 is 1.07 bits per heavy atom. The van der Waals surface area contributed by atoms with Crippen LogP contribution in [0.1, 0.15) is 17.1 Å². The van der Waals surface area contributed by atoms with E-state index in [1.54, 1.807) is 18.9 Å². The SMILES string of the molecule is COc1cc(-c2ccc(SC)cc2)cc2c1OCCN(Cc1ccc(C)o1)C2. The Morgan fingerprint density at radius 2 is 1.89 bits per heavy atom. The average Bonchev–Trinajstić information content (AvgIpc) is 3.01. The van der Waals surface area contributed by atoms with Crippen molar-refractivity contribution in [2.75, 3.05) is 26.5 Å². The largest absolute Gasteiger partial charge is 0.493 e. The van der Waals surface area contributed by atoms with Gasteiger partial charge in [0.05, 0.1) is 13.7 Å². The highest BCUT2D eigenvalue weighted by molar-refractivity contribution is 7.98. The van der Waals surface area contributed by atoms with Crippen molar-refractivity contribution in [2.45, 2.75) is 24.9 Å². The van der Waals surface area contributed by atoms with E-state index < -0.39 is 0 Å². The van der Waals surface area contributed by atoms with Crippen LogP contribution >= 0.6 is 11.8 Å². The molecule has 0 N–H and O–H groups in total. The van der Waals surface area contributed by atoms with Gasteiger partial charge in [0.15, 0.2) is 11.5 Å². The van der Waals surface area contributed by atoms with Gasteiger partial charge in [-0.2, -0.15) is 0 Å². The Hall–Kier alpha value is -2.37. The molecule has 0 aliphatic carbocycles. The molecule has 0 radical (unpaired) electrons. The molecule has 3 aromatic rings. The van der Waals surface area contributed by atoms with Crippen molar-refractivity contribution in [1.29, 1.82) is 0 Å². The number of aryl methyl sites for hydroxylation is 1. The highest BCUT2D eigenvalue weighted by Gasteiger charge is 2.21. The summed E-state index contributed by atoms with van der Waals surface area (Å²) in [6, 6.07) is 17.0. The van der Waals surface area contributed by atoms with Gasteiger partial charge in [0.1, 0.15) is 18.1 Å². The van der Waals surface area contributed by atoms with Crippen molar-refractivity contribution >= 4 is 11.8 Å². The number of thioether (sulfide) groups is 1. The molecule has 0 spiro atoms. The van der Waals surface area contributed by atoms with Crippen molar-refractivity contribution in [3.63, 3.8) is 0 Å². The van der Waals surface area contributed by atoms with E-state index in [9.17, 15) is 0 Å². The lowest BCUT2D eigenvalue weighted by Gasteiger charge is -2.18. The summed E-state index contributed by atoms with van der Waals surface area (Å²) in [5.74, 6) is 3.57. The lowest BCUT2D eigenvalue weighted by atomic mass is 10.0. The molecule has 0 saturated heterocycles. The highest BCUT2D eigenvalue weighted by Crippen LogP contribution is 2.38. The summed E-state index contributed by atoms with van der Waals surface area (Å²) in [6.07, 6.45) is 2.09. The van der Waals surface area contributed by atoms with E-state index in [4.69, 9.17) is 13.9 Å². The standard InChI is InChI=1S/C23H25NO3S/c1-16-4-7-20(27-16)15-24-10-11-26-23-19(14-24)12-18(13-22(23)25-2)17-5-8-21(28-3)9-6-17/h4-9,12-13H,10-11,14-15H2,1-3H3. The Bertz CT molecular complexity index is 949. The van der Waals surface area contributed by atoms with E-state index in [2.05, 4.69) is 47.6 Å². The Labute approximate surface area is 170 Å². The molecule has 5 heteroatoms. The van der Waals surface area contributed by atoms with E-state index in [1.165, 1.54) is 10.5 Å². The van der Waals surface area contributed by atoms with E-state index in [0.717, 1.165) is 53.8 Å². The molecule has 2 heterocycles. The third-order valence-corrected chi connectivity index (χ3v) is 5.74. The molecule has 4 nitrogen and oxygen atoms in total. The van der Waals surface area contributed by atoms with E-state index >= 15 is 0 Å². The van der Waals surface area contributed by atoms with Gasteiger partial charge in [-0.25, -0.2) is 0 Å². The van der Waals surface area contributed by atoms with Crippen molar-refractivity contribution in [3.05, 3.63) is 65.6 Å². The van der Waals surface area contributed by atoms with Crippen LogP contribution in [-0.4, -0.2) is 31.4 Å². The minimum absolute atomic E-state index is 0.630. The molecule has 0 fully saturated rings. The molecule has 28 heavy (non-hydrogen) atoms. The first-order valence-electron chi connectivity index (χ1n) is 9.42. The van der Waals surface area contributed by atoms with Crippen LogP contribution in [0.5, 0.6) is 11.5 Å². The fraction of sp³-hybridized carbons (Fsp3) is 0.304. The van der Waals surface area contributed by atoms with Gasteiger partial charge in [-0.05, 0) is 60.7 Å². The Balaban J connectivity index is 1.65. The number of benzene rings is 2. The second-order valence-corrected chi connectivity index (χ2v) is 7.85. The maximum absolute atomic E-state index is 6.07. The van der Waals surface area contributed by atoms with Gasteiger partial charge in [-0.15, -0.1) is 11.8 Å². The molecular weight excluding hydrogens is 370 g/mol. The first kappa shape index (κ1) is 19.0. The summed E-state index contributed by atoms with van der Waals surface area (Å²) in [4.78, 5) is 3.61. The number of fused-ring (bicyclic) bond motifs is 1. The van der Waals surface area contributed by atoms with Gasteiger partial charge in [0, 0.05) is 23.5 Å². The summed E-state index contributed by atoms with van der Waals surface area (Å²) in [7, 11) is 1.70. The van der Waals surface area contributed by atoms with Gasteiger partial charge in [0.2, 0.25) is 0 Å². The zero-order chi connectivity index (χ0) is 19.5. The van der Waals surface area contributed by atoms with Gasteiger partial charge in [0.25, 0.3) is 0 Å². The fourth-order valence-electron chi connectivity index (χ4n) is 3.57. The number of hydrogen-bond donors (Lipinski definition) is 0. The van der Waals surface area contributed by atoms with Gasteiger partial charge in [-0.1, -0.05) is 12.1 Å². The first-order chi connectivity index (χ1) is 13.7. The molecular formula is C23H25NO3S. The quantitative estimate of drug-likeness (QED) is 0.542. The Morgan fingerprint density at radius 3 is 2.57 bits per heavy atom. The van der Waals surface area contributed by atoms with Gasteiger partial charge in [-0.3, -0.25) is 4.90 Å². The lowest BCUT2D eigenvalue weighted by Crippen LogP contribution is -2.25. The van der Waals surface area contributed by atoms with Gasteiger partial charge >= 0.3 is 0 Å². The van der Waals surface area contributed by atoms with Crippen LogP contribution in [0, 0.1) is 6.92 Å². The normalized spacial score (nSPS) is 14.2. The zero-order valence-electron chi connectivity index (χ0n) is 16.5. The van der Waals surface area contributed by atoms with Crippen LogP contribution in [0.15, 0.2) is 57.8 Å². The monoisotopic (exact) mass is 395 g/mol. The molecule has 1 aliphatic rings. The van der Waals surface area contributed by atoms with Gasteiger partial charge < -0.3 is 13.9 Å². The summed E-state index contributed by atoms with van der Waals surface area (Å²) in [5, 5.41) is 0. The maximum atomic E-state index is 6.07. The maximum Gasteiger partial charge on any atom is 0.165 e. The Kier molecular flexibility index (Phi) is 5.64.